The van der Waals surface area contributed by atoms with Gasteiger partial charge in [-0.15, -0.1) is 0 Å². The second kappa shape index (κ2) is 7.97. The van der Waals surface area contributed by atoms with Crippen molar-refractivity contribution in [3.8, 4) is 11.5 Å². The van der Waals surface area contributed by atoms with E-state index in [-0.39, 0.29) is 11.9 Å². The van der Waals surface area contributed by atoms with Crippen molar-refractivity contribution in [3.63, 3.8) is 0 Å². The molecule has 0 bridgehead atoms. The lowest BCUT2D eigenvalue weighted by molar-refractivity contribution is -0.910. The number of hydrogen-bond donors (Lipinski definition) is 2. The van der Waals surface area contributed by atoms with Crippen molar-refractivity contribution in [2.75, 3.05) is 31.6 Å². The Bertz CT molecular complexity index is 859. The first-order chi connectivity index (χ1) is 13.1. The normalized spacial score (nSPS) is 21.1. The Morgan fingerprint density at radius 2 is 1.93 bits per heavy atom. The molecule has 2 aliphatic rings. The lowest BCUT2D eigenvalue weighted by Gasteiger charge is -2.24. The third-order valence-corrected chi connectivity index (χ3v) is 5.59. The molecule has 0 aliphatic carbocycles. The molecule has 1 amide bonds. The van der Waals surface area contributed by atoms with Gasteiger partial charge in [0.25, 0.3) is 5.91 Å². The maximum atomic E-state index is 12.5. The summed E-state index contributed by atoms with van der Waals surface area (Å²) in [5.74, 6) is 1.53. The van der Waals surface area contributed by atoms with Crippen molar-refractivity contribution >= 4 is 34.8 Å². The summed E-state index contributed by atoms with van der Waals surface area (Å²) in [6, 6.07) is 11.4. The number of halogens is 2. The van der Waals surface area contributed by atoms with Crippen molar-refractivity contribution in [1.29, 1.82) is 0 Å². The average Bonchev–Trinajstić information content (AvgIpc) is 3.11. The molecular formula is C20H21Cl2N2O3+. The van der Waals surface area contributed by atoms with Gasteiger partial charge in [0.2, 0.25) is 0 Å². The van der Waals surface area contributed by atoms with Gasteiger partial charge in [0.15, 0.2) is 18.0 Å². The van der Waals surface area contributed by atoms with Gasteiger partial charge in [0.05, 0.1) is 17.3 Å². The predicted octanol–water partition coefficient (Wildman–Crippen LogP) is 3.12. The standard InChI is InChI=1S/C20H20Cl2N2O3/c21-14-4-5-16(15(22)11-14)23-20(25)12-24-7-1-2-17(24)13-3-6-18-19(10-13)27-9-8-26-18/h3-6,10-11,17H,1-2,7-9,12H2,(H,23,25)/p+1/t17-/m0/s1. The third kappa shape index (κ3) is 4.15. The minimum absolute atomic E-state index is 0.0568. The number of amides is 1. The van der Waals surface area contributed by atoms with Crippen LogP contribution in [-0.4, -0.2) is 32.2 Å². The molecule has 1 fully saturated rings. The molecule has 27 heavy (non-hydrogen) atoms. The molecule has 1 unspecified atom stereocenters. The predicted molar refractivity (Wildman–Crippen MR) is 105 cm³/mol. The molecule has 5 nitrogen and oxygen atoms in total. The van der Waals surface area contributed by atoms with Gasteiger partial charge in [-0.2, -0.15) is 0 Å². The largest absolute Gasteiger partial charge is 0.486 e. The number of fused-ring (bicyclic) bond motifs is 1. The molecule has 1 saturated heterocycles. The number of anilines is 1. The third-order valence-electron chi connectivity index (χ3n) is 5.04. The van der Waals surface area contributed by atoms with Gasteiger partial charge >= 0.3 is 0 Å². The van der Waals surface area contributed by atoms with E-state index in [1.807, 2.05) is 6.07 Å². The zero-order chi connectivity index (χ0) is 18.8. The van der Waals surface area contributed by atoms with Gasteiger partial charge in [-0.3, -0.25) is 4.79 Å². The van der Waals surface area contributed by atoms with Gasteiger partial charge < -0.3 is 19.7 Å². The topological polar surface area (TPSA) is 52.0 Å². The fraction of sp³-hybridized carbons (Fsp3) is 0.350. The molecule has 2 heterocycles. The highest BCUT2D eigenvalue weighted by molar-refractivity contribution is 6.36. The van der Waals surface area contributed by atoms with Gasteiger partial charge in [-0.1, -0.05) is 23.2 Å². The molecule has 0 aromatic heterocycles. The molecule has 2 N–H and O–H groups in total. The zero-order valence-electron chi connectivity index (χ0n) is 14.8. The molecule has 2 aromatic carbocycles. The molecule has 2 aromatic rings. The van der Waals surface area contributed by atoms with E-state index in [9.17, 15) is 4.79 Å². The van der Waals surface area contributed by atoms with E-state index in [1.54, 1.807) is 18.2 Å². The van der Waals surface area contributed by atoms with Gasteiger partial charge in [-0.25, -0.2) is 0 Å². The lowest BCUT2D eigenvalue weighted by Crippen LogP contribution is -3.11. The number of ether oxygens (including phenoxy) is 2. The highest BCUT2D eigenvalue weighted by atomic mass is 35.5. The summed E-state index contributed by atoms with van der Waals surface area (Å²) in [4.78, 5) is 13.8. The first-order valence-corrected chi connectivity index (χ1v) is 9.85. The van der Waals surface area contributed by atoms with Crippen LogP contribution in [0.25, 0.3) is 0 Å². The maximum absolute atomic E-state index is 12.5. The van der Waals surface area contributed by atoms with E-state index in [0.29, 0.717) is 35.5 Å². The number of benzene rings is 2. The molecular weight excluding hydrogens is 387 g/mol. The van der Waals surface area contributed by atoms with Crippen molar-refractivity contribution in [1.82, 2.24) is 0 Å². The number of carbonyl (C=O) groups is 1. The van der Waals surface area contributed by atoms with Crippen LogP contribution in [0.1, 0.15) is 24.4 Å². The van der Waals surface area contributed by atoms with Gasteiger partial charge in [0.1, 0.15) is 19.3 Å². The van der Waals surface area contributed by atoms with Crippen molar-refractivity contribution in [3.05, 3.63) is 52.0 Å². The van der Waals surface area contributed by atoms with Crippen LogP contribution in [0, 0.1) is 0 Å². The fourth-order valence-corrected chi connectivity index (χ4v) is 4.25. The molecule has 7 heteroatoms. The minimum Gasteiger partial charge on any atom is -0.486 e. The highest BCUT2D eigenvalue weighted by Crippen LogP contribution is 2.33. The van der Waals surface area contributed by atoms with E-state index in [1.165, 1.54) is 10.5 Å². The van der Waals surface area contributed by atoms with Crippen molar-refractivity contribution in [2.24, 2.45) is 0 Å². The van der Waals surface area contributed by atoms with E-state index >= 15 is 0 Å². The maximum Gasteiger partial charge on any atom is 0.279 e. The van der Waals surface area contributed by atoms with Crippen LogP contribution in [0.5, 0.6) is 11.5 Å². The molecule has 0 spiro atoms. The van der Waals surface area contributed by atoms with Crippen molar-refractivity contribution in [2.45, 2.75) is 18.9 Å². The van der Waals surface area contributed by atoms with E-state index in [2.05, 4.69) is 17.4 Å². The van der Waals surface area contributed by atoms with Crippen LogP contribution in [0.3, 0.4) is 0 Å². The van der Waals surface area contributed by atoms with Crippen molar-refractivity contribution < 1.29 is 19.2 Å². The highest BCUT2D eigenvalue weighted by Gasteiger charge is 2.32. The summed E-state index contributed by atoms with van der Waals surface area (Å²) >= 11 is 12.1. The van der Waals surface area contributed by atoms with E-state index < -0.39 is 0 Å². The van der Waals surface area contributed by atoms with Gasteiger partial charge in [-0.05, 0) is 36.4 Å². The first-order valence-electron chi connectivity index (χ1n) is 9.09. The van der Waals surface area contributed by atoms with Crippen LogP contribution in [-0.2, 0) is 4.79 Å². The monoisotopic (exact) mass is 407 g/mol. The van der Waals surface area contributed by atoms with Crippen LogP contribution < -0.4 is 19.7 Å². The number of nitrogens with one attached hydrogen (secondary N) is 2. The quantitative estimate of drug-likeness (QED) is 0.818. The minimum atomic E-state index is -0.0568. The summed E-state index contributed by atoms with van der Waals surface area (Å²) in [5, 5.41) is 3.88. The second-order valence-electron chi connectivity index (χ2n) is 6.86. The SMILES string of the molecule is O=C(C[NH+]1CCC[C@H]1c1ccc2c(c1)OCCO2)Nc1ccc(Cl)cc1Cl. The van der Waals surface area contributed by atoms with Crippen LogP contribution in [0.2, 0.25) is 10.0 Å². The lowest BCUT2D eigenvalue weighted by atomic mass is 10.0. The van der Waals surface area contributed by atoms with E-state index in [4.69, 9.17) is 32.7 Å². The molecule has 0 radical (unpaired) electrons. The Labute approximate surface area is 168 Å². The Kier molecular flexibility index (Phi) is 5.43. The van der Waals surface area contributed by atoms with Gasteiger partial charge in [0, 0.05) is 23.4 Å². The Morgan fingerprint density at radius 1 is 1.11 bits per heavy atom. The van der Waals surface area contributed by atoms with E-state index in [0.717, 1.165) is 30.9 Å². The van der Waals surface area contributed by atoms with Crippen LogP contribution >= 0.6 is 23.2 Å². The average molecular weight is 408 g/mol. The number of hydrogen-bond acceptors (Lipinski definition) is 3. The summed E-state index contributed by atoms with van der Waals surface area (Å²) in [6.07, 6.45) is 2.13. The molecule has 142 valence electrons. The fourth-order valence-electron chi connectivity index (χ4n) is 3.79. The first kappa shape index (κ1) is 18.4. The molecule has 0 saturated carbocycles. The smallest absolute Gasteiger partial charge is 0.279 e. The molecule has 2 atom stereocenters. The van der Waals surface area contributed by atoms with Crippen LogP contribution in [0.4, 0.5) is 5.69 Å². The molecule has 4 rings (SSSR count). The second-order valence-corrected chi connectivity index (χ2v) is 7.70. The Morgan fingerprint density at radius 3 is 2.74 bits per heavy atom. The summed E-state index contributed by atoms with van der Waals surface area (Å²) in [7, 11) is 0. The summed E-state index contributed by atoms with van der Waals surface area (Å²) in [6.45, 7) is 2.50. The number of quaternary nitrogens is 1. The number of carbonyl (C=O) groups excluding carboxylic acids is 1. The zero-order valence-corrected chi connectivity index (χ0v) is 16.3. The summed E-state index contributed by atoms with van der Waals surface area (Å²) < 4.78 is 11.3. The molecule has 2 aliphatic heterocycles. The van der Waals surface area contributed by atoms with Crippen LogP contribution in [0.15, 0.2) is 36.4 Å². The number of rotatable bonds is 4. The Balaban J connectivity index is 1.44. The Hall–Kier alpha value is -1.95. The number of likely N-dealkylation sites (tertiary alicyclic amines) is 1. The summed E-state index contributed by atoms with van der Waals surface area (Å²) in [5.41, 5.74) is 1.77.